The van der Waals surface area contributed by atoms with Crippen LogP contribution in [0.4, 0.5) is 0 Å². The molecule has 2 rings (SSSR count). The summed E-state index contributed by atoms with van der Waals surface area (Å²) in [7, 11) is 2.21. The maximum atomic E-state index is 10.5. The fraction of sp³-hybridized carbons (Fsp3) is 1.00. The summed E-state index contributed by atoms with van der Waals surface area (Å²) < 4.78 is 0. The maximum Gasteiger partial charge on any atom is 0.0774 e. The molecule has 2 atom stereocenters. The molecule has 0 amide bonds. The molecular weight excluding hydrogens is 210 g/mol. The molecule has 0 heterocycles. The summed E-state index contributed by atoms with van der Waals surface area (Å²) in [5, 5.41) is 10.5. The first kappa shape index (κ1) is 13.4. The van der Waals surface area contributed by atoms with Crippen molar-refractivity contribution in [1.82, 2.24) is 4.90 Å². The Kier molecular flexibility index (Phi) is 4.14. The van der Waals surface area contributed by atoms with Gasteiger partial charge in [0.1, 0.15) is 0 Å². The van der Waals surface area contributed by atoms with Crippen LogP contribution in [0.1, 0.15) is 58.8 Å². The minimum atomic E-state index is -0.376. The fourth-order valence-corrected chi connectivity index (χ4v) is 4.05. The van der Waals surface area contributed by atoms with Gasteiger partial charge in [0.2, 0.25) is 0 Å². The van der Waals surface area contributed by atoms with Gasteiger partial charge in [-0.3, -0.25) is 0 Å². The Hall–Kier alpha value is -0.0800. The highest BCUT2D eigenvalue weighted by atomic mass is 16.3. The zero-order valence-electron chi connectivity index (χ0n) is 11.8. The van der Waals surface area contributed by atoms with E-state index < -0.39 is 0 Å². The van der Waals surface area contributed by atoms with Crippen molar-refractivity contribution in [3.05, 3.63) is 0 Å². The number of aliphatic hydroxyl groups is 1. The number of rotatable bonds is 3. The zero-order valence-corrected chi connectivity index (χ0v) is 11.8. The van der Waals surface area contributed by atoms with E-state index in [1.54, 1.807) is 0 Å². The van der Waals surface area contributed by atoms with E-state index in [9.17, 15) is 5.11 Å². The van der Waals surface area contributed by atoms with Crippen LogP contribution >= 0.6 is 0 Å². The molecule has 2 unspecified atom stereocenters. The normalized spacial score (nSPS) is 37.6. The van der Waals surface area contributed by atoms with Gasteiger partial charge in [-0.15, -0.1) is 0 Å². The molecule has 100 valence electrons. The van der Waals surface area contributed by atoms with Crippen molar-refractivity contribution in [3.8, 4) is 0 Å². The lowest BCUT2D eigenvalue weighted by Crippen LogP contribution is -2.46. The van der Waals surface area contributed by atoms with Gasteiger partial charge in [-0.05, 0) is 51.0 Å². The second-order valence-electron chi connectivity index (χ2n) is 6.92. The quantitative estimate of drug-likeness (QED) is 0.818. The van der Waals surface area contributed by atoms with Gasteiger partial charge in [-0.25, -0.2) is 0 Å². The first-order valence-corrected chi connectivity index (χ1v) is 7.41. The highest BCUT2D eigenvalue weighted by Gasteiger charge is 2.35. The van der Waals surface area contributed by atoms with Gasteiger partial charge in [0.05, 0.1) is 5.60 Å². The molecule has 0 aromatic heterocycles. The first-order chi connectivity index (χ1) is 7.98. The second-order valence-corrected chi connectivity index (χ2v) is 6.92. The summed E-state index contributed by atoms with van der Waals surface area (Å²) in [6.45, 7) is 5.64. The van der Waals surface area contributed by atoms with E-state index in [1.165, 1.54) is 32.1 Å². The van der Waals surface area contributed by atoms with Crippen LogP contribution < -0.4 is 0 Å². The van der Waals surface area contributed by atoms with Crippen molar-refractivity contribution in [2.75, 3.05) is 13.6 Å². The fourth-order valence-electron chi connectivity index (χ4n) is 4.05. The van der Waals surface area contributed by atoms with Gasteiger partial charge in [0.25, 0.3) is 0 Å². The number of hydrogen-bond donors (Lipinski definition) is 1. The van der Waals surface area contributed by atoms with Crippen molar-refractivity contribution in [2.45, 2.75) is 70.4 Å². The predicted molar refractivity (Wildman–Crippen MR) is 72.0 cm³/mol. The highest BCUT2D eigenvalue weighted by molar-refractivity contribution is 4.90. The predicted octanol–water partition coefficient (Wildman–Crippen LogP) is 3.05. The summed E-state index contributed by atoms with van der Waals surface area (Å²) in [4.78, 5) is 2.44. The SMILES string of the molecule is CC1CC(C)CC(N(C)CC2(O)CCCC2)C1. The maximum absolute atomic E-state index is 10.5. The third-order valence-corrected chi connectivity index (χ3v) is 4.85. The van der Waals surface area contributed by atoms with Crippen LogP contribution in [0.3, 0.4) is 0 Å². The Morgan fingerprint density at radius 1 is 1.06 bits per heavy atom. The topological polar surface area (TPSA) is 23.5 Å². The molecule has 2 aliphatic rings. The van der Waals surface area contributed by atoms with Crippen molar-refractivity contribution in [1.29, 1.82) is 0 Å². The molecule has 0 spiro atoms. The average molecular weight is 239 g/mol. The minimum absolute atomic E-state index is 0.376. The molecule has 17 heavy (non-hydrogen) atoms. The Bertz CT molecular complexity index is 237. The molecule has 2 heteroatoms. The summed E-state index contributed by atoms with van der Waals surface area (Å²) in [5.41, 5.74) is -0.376. The molecule has 0 radical (unpaired) electrons. The summed E-state index contributed by atoms with van der Waals surface area (Å²) in [6, 6.07) is 0.693. The van der Waals surface area contributed by atoms with Crippen LogP contribution in [0.15, 0.2) is 0 Å². The van der Waals surface area contributed by atoms with E-state index >= 15 is 0 Å². The van der Waals surface area contributed by atoms with E-state index in [1.807, 2.05) is 0 Å². The molecule has 0 aromatic carbocycles. The van der Waals surface area contributed by atoms with Crippen LogP contribution in [-0.2, 0) is 0 Å². The molecule has 0 aliphatic heterocycles. The van der Waals surface area contributed by atoms with Gasteiger partial charge >= 0.3 is 0 Å². The number of nitrogens with zero attached hydrogens (tertiary/aromatic N) is 1. The lowest BCUT2D eigenvalue weighted by Gasteiger charge is -2.40. The molecule has 0 aromatic rings. The van der Waals surface area contributed by atoms with E-state index in [-0.39, 0.29) is 5.60 Å². The second kappa shape index (κ2) is 5.27. The van der Waals surface area contributed by atoms with Gasteiger partial charge in [0.15, 0.2) is 0 Å². The van der Waals surface area contributed by atoms with Crippen molar-refractivity contribution in [3.63, 3.8) is 0 Å². The lowest BCUT2D eigenvalue weighted by atomic mass is 9.79. The standard InChI is InChI=1S/C15H29NO/c1-12-8-13(2)10-14(9-12)16(3)11-15(17)6-4-5-7-15/h12-14,17H,4-11H2,1-3H3. The van der Waals surface area contributed by atoms with Crippen molar-refractivity contribution >= 4 is 0 Å². The molecular formula is C15H29NO. The van der Waals surface area contributed by atoms with Crippen molar-refractivity contribution in [2.24, 2.45) is 11.8 Å². The smallest absolute Gasteiger partial charge is 0.0774 e. The van der Waals surface area contributed by atoms with Crippen LogP contribution in [-0.4, -0.2) is 35.2 Å². The molecule has 1 N–H and O–H groups in total. The van der Waals surface area contributed by atoms with Gasteiger partial charge < -0.3 is 10.0 Å². The van der Waals surface area contributed by atoms with Gasteiger partial charge in [0, 0.05) is 12.6 Å². The minimum Gasteiger partial charge on any atom is -0.389 e. The van der Waals surface area contributed by atoms with E-state index in [2.05, 4.69) is 25.8 Å². The Morgan fingerprint density at radius 2 is 1.59 bits per heavy atom. The third kappa shape index (κ3) is 3.45. The molecule has 2 nitrogen and oxygen atoms in total. The average Bonchev–Trinajstić information content (AvgIpc) is 2.63. The van der Waals surface area contributed by atoms with Gasteiger partial charge in [-0.1, -0.05) is 26.7 Å². The zero-order chi connectivity index (χ0) is 12.5. The molecule has 2 saturated carbocycles. The first-order valence-electron chi connectivity index (χ1n) is 7.41. The Balaban J connectivity index is 1.88. The van der Waals surface area contributed by atoms with E-state index in [0.717, 1.165) is 31.2 Å². The molecule has 2 aliphatic carbocycles. The van der Waals surface area contributed by atoms with Crippen LogP contribution in [0, 0.1) is 11.8 Å². The van der Waals surface area contributed by atoms with Gasteiger partial charge in [-0.2, -0.15) is 0 Å². The molecule has 0 saturated heterocycles. The van der Waals surface area contributed by atoms with Crippen molar-refractivity contribution < 1.29 is 5.11 Å². The van der Waals surface area contributed by atoms with E-state index in [0.29, 0.717) is 6.04 Å². The summed E-state index contributed by atoms with van der Waals surface area (Å²) in [6.07, 6.45) is 8.45. The summed E-state index contributed by atoms with van der Waals surface area (Å²) in [5.74, 6) is 1.70. The number of likely N-dealkylation sites (N-methyl/N-ethyl adjacent to an activating group) is 1. The van der Waals surface area contributed by atoms with E-state index in [4.69, 9.17) is 0 Å². The molecule has 2 fully saturated rings. The van der Waals surface area contributed by atoms with Crippen LogP contribution in [0.2, 0.25) is 0 Å². The monoisotopic (exact) mass is 239 g/mol. The highest BCUT2D eigenvalue weighted by Crippen LogP contribution is 2.34. The number of hydrogen-bond acceptors (Lipinski definition) is 2. The Labute approximate surface area is 106 Å². The van der Waals surface area contributed by atoms with Crippen LogP contribution in [0.5, 0.6) is 0 Å². The van der Waals surface area contributed by atoms with Crippen LogP contribution in [0.25, 0.3) is 0 Å². The largest absolute Gasteiger partial charge is 0.389 e. The Morgan fingerprint density at radius 3 is 2.12 bits per heavy atom. The molecule has 0 bridgehead atoms. The summed E-state index contributed by atoms with van der Waals surface area (Å²) >= 11 is 0. The third-order valence-electron chi connectivity index (χ3n) is 4.85. The lowest BCUT2D eigenvalue weighted by molar-refractivity contribution is -0.00551.